The Labute approximate surface area is 95.5 Å². The van der Waals surface area contributed by atoms with E-state index in [0.29, 0.717) is 5.41 Å². The third-order valence-corrected chi connectivity index (χ3v) is 11.3. The van der Waals surface area contributed by atoms with Gasteiger partial charge in [0.25, 0.3) is 0 Å². The predicted molar refractivity (Wildman–Crippen MR) is 75.6 cm³/mol. The van der Waals surface area contributed by atoms with Crippen LogP contribution in [0.5, 0.6) is 0 Å². The summed E-state index contributed by atoms with van der Waals surface area (Å²) in [6.45, 7) is 7.35. The zero-order valence-corrected chi connectivity index (χ0v) is 12.6. The van der Waals surface area contributed by atoms with Crippen LogP contribution in [0.2, 0.25) is 0 Å². The second kappa shape index (κ2) is 2.30. The smallest absolute Gasteiger partial charge is 0.0154 e. The lowest BCUT2D eigenvalue weighted by molar-refractivity contribution is -0.0483. The van der Waals surface area contributed by atoms with E-state index in [9.17, 15) is 0 Å². The molecule has 1 saturated carbocycles. The van der Waals surface area contributed by atoms with Crippen LogP contribution in [0, 0.1) is 17.3 Å². The van der Waals surface area contributed by atoms with Crippen LogP contribution in [0.25, 0.3) is 0 Å². The van der Waals surface area contributed by atoms with Crippen LogP contribution < -0.4 is 0 Å². The van der Waals surface area contributed by atoms with Crippen LogP contribution in [-0.4, -0.2) is 36.0 Å². The minimum absolute atomic E-state index is 0.716. The first-order valence-corrected chi connectivity index (χ1v) is 10.8. The molecule has 0 spiro atoms. The van der Waals surface area contributed by atoms with Crippen molar-refractivity contribution in [2.75, 3.05) is 30.8 Å². The highest BCUT2D eigenvalue weighted by atomic mass is 32.4. The van der Waals surface area contributed by atoms with Gasteiger partial charge in [0.05, 0.1) is 0 Å². The van der Waals surface area contributed by atoms with Gasteiger partial charge in [-0.3, -0.25) is 8.29 Å². The second-order valence-electron chi connectivity index (χ2n) is 8.68. The van der Waals surface area contributed by atoms with E-state index in [2.05, 4.69) is 45.8 Å². The van der Waals surface area contributed by atoms with Gasteiger partial charge in [-0.2, -0.15) is 0 Å². The standard InChI is InChI=1S/C14H30S/c1-8-14(9-2)11(3)13-12(14)10-15(13,4,5,6)7/h11-13H,8-10H2,1-7H3. The van der Waals surface area contributed by atoms with E-state index in [1.165, 1.54) is 18.6 Å². The van der Waals surface area contributed by atoms with Crippen LogP contribution in [-0.2, 0) is 0 Å². The minimum atomic E-state index is -1.62. The molecule has 0 bridgehead atoms. The lowest BCUT2D eigenvalue weighted by Crippen LogP contribution is -2.78. The molecule has 1 heterocycles. The second-order valence-corrected chi connectivity index (χ2v) is 19.0. The van der Waals surface area contributed by atoms with Crippen molar-refractivity contribution in [1.29, 1.82) is 0 Å². The summed E-state index contributed by atoms with van der Waals surface area (Å²) in [6.07, 6.45) is 13.3. The number of rotatable bonds is 2. The first kappa shape index (κ1) is 11.8. The highest BCUT2D eigenvalue weighted by Crippen LogP contribution is 2.98. The Morgan fingerprint density at radius 2 is 1.53 bits per heavy atom. The highest BCUT2D eigenvalue weighted by molar-refractivity contribution is 8.64. The predicted octanol–water partition coefficient (Wildman–Crippen LogP) is 3.84. The molecule has 0 N–H and O–H groups in total. The molecule has 0 aromatic carbocycles. The van der Waals surface area contributed by atoms with Crippen LogP contribution >= 0.6 is 8.29 Å². The molecule has 2 fully saturated rings. The molecule has 2 aliphatic rings. The van der Waals surface area contributed by atoms with Gasteiger partial charge in [-0.15, -0.1) is 0 Å². The fourth-order valence-electron chi connectivity index (χ4n) is 5.45. The fourth-order valence-corrected chi connectivity index (χ4v) is 11.6. The Morgan fingerprint density at radius 3 is 1.80 bits per heavy atom. The lowest BCUT2D eigenvalue weighted by atomic mass is 9.50. The van der Waals surface area contributed by atoms with Crippen molar-refractivity contribution in [3.8, 4) is 0 Å². The van der Waals surface area contributed by atoms with Gasteiger partial charge in [-0.05, 0) is 66.1 Å². The Bertz CT molecular complexity index is 293. The van der Waals surface area contributed by atoms with Crippen molar-refractivity contribution in [3.63, 3.8) is 0 Å². The summed E-state index contributed by atoms with van der Waals surface area (Å²) in [5.41, 5.74) is 0.716. The molecule has 92 valence electrons. The molecule has 1 aliphatic heterocycles. The van der Waals surface area contributed by atoms with Crippen molar-refractivity contribution in [3.05, 3.63) is 0 Å². The third-order valence-electron chi connectivity index (χ3n) is 6.07. The maximum absolute atomic E-state index is 2.62. The van der Waals surface area contributed by atoms with E-state index in [0.717, 1.165) is 17.1 Å². The summed E-state index contributed by atoms with van der Waals surface area (Å²) in [5, 5.41) is 1.06. The third kappa shape index (κ3) is 1.16. The minimum Gasteiger partial charge on any atom is -0.280 e. The first-order valence-electron chi connectivity index (χ1n) is 6.51. The van der Waals surface area contributed by atoms with Gasteiger partial charge < -0.3 is 0 Å². The molecule has 0 aromatic heterocycles. The molecule has 15 heavy (non-hydrogen) atoms. The van der Waals surface area contributed by atoms with Crippen LogP contribution in [0.15, 0.2) is 0 Å². The van der Waals surface area contributed by atoms with E-state index in [4.69, 9.17) is 0 Å². The maximum atomic E-state index is 2.62. The van der Waals surface area contributed by atoms with Crippen LogP contribution in [0.1, 0.15) is 33.6 Å². The monoisotopic (exact) mass is 230 g/mol. The average Bonchev–Trinajstić information content (AvgIpc) is 2.02. The number of hydrogen-bond acceptors (Lipinski definition) is 0. The quantitative estimate of drug-likeness (QED) is 0.676. The van der Waals surface area contributed by atoms with E-state index in [1.807, 2.05) is 0 Å². The average molecular weight is 230 g/mol. The van der Waals surface area contributed by atoms with Crippen molar-refractivity contribution in [1.82, 2.24) is 0 Å². The SMILES string of the molecule is CCC1(CC)C(C)C2C1CS2(C)(C)(C)C. The molecular formula is C14H30S. The summed E-state index contributed by atoms with van der Waals surface area (Å²) in [4.78, 5) is 0. The molecule has 0 aromatic rings. The molecule has 0 radical (unpaired) electrons. The van der Waals surface area contributed by atoms with E-state index < -0.39 is 8.29 Å². The summed E-state index contributed by atoms with van der Waals surface area (Å²) < 4.78 is 0. The van der Waals surface area contributed by atoms with Gasteiger partial charge in [0.1, 0.15) is 0 Å². The molecule has 0 nitrogen and oxygen atoms in total. The summed E-state index contributed by atoms with van der Waals surface area (Å²) >= 11 is 0. The van der Waals surface area contributed by atoms with Gasteiger partial charge in [-0.25, -0.2) is 0 Å². The van der Waals surface area contributed by atoms with Crippen molar-refractivity contribution < 1.29 is 0 Å². The van der Waals surface area contributed by atoms with Crippen molar-refractivity contribution in [2.45, 2.75) is 38.9 Å². The van der Waals surface area contributed by atoms with Gasteiger partial charge >= 0.3 is 0 Å². The van der Waals surface area contributed by atoms with Gasteiger partial charge in [0.2, 0.25) is 0 Å². The Balaban J connectivity index is 2.31. The van der Waals surface area contributed by atoms with Gasteiger partial charge in [0.15, 0.2) is 0 Å². The van der Waals surface area contributed by atoms with Gasteiger partial charge in [0, 0.05) is 0 Å². The lowest BCUT2D eigenvalue weighted by Gasteiger charge is -2.93. The zero-order valence-electron chi connectivity index (χ0n) is 11.8. The molecule has 1 aliphatic carbocycles. The van der Waals surface area contributed by atoms with E-state index >= 15 is 0 Å². The summed E-state index contributed by atoms with van der Waals surface area (Å²) in [6, 6.07) is 0. The Morgan fingerprint density at radius 1 is 1.07 bits per heavy atom. The zero-order chi connectivity index (χ0) is 11.8. The molecule has 1 saturated heterocycles. The fraction of sp³-hybridized carbons (Fsp3) is 1.00. The molecule has 0 amide bonds. The number of fused-ring (bicyclic) bond motifs is 1. The van der Waals surface area contributed by atoms with Crippen LogP contribution in [0.3, 0.4) is 0 Å². The molecule has 3 unspecified atom stereocenters. The highest BCUT2D eigenvalue weighted by Gasteiger charge is 2.76. The number of hydrogen-bond donors (Lipinski definition) is 0. The van der Waals surface area contributed by atoms with E-state index in [-0.39, 0.29) is 0 Å². The first-order chi connectivity index (χ1) is 6.51. The summed E-state index contributed by atoms with van der Waals surface area (Å²) in [7, 11) is -1.62. The largest absolute Gasteiger partial charge is 0.280 e. The molecule has 3 atom stereocenters. The van der Waals surface area contributed by atoms with Gasteiger partial charge in [-0.1, -0.05) is 20.8 Å². The van der Waals surface area contributed by atoms with Crippen LogP contribution in [0.4, 0.5) is 0 Å². The normalized spacial score (nSPS) is 51.8. The topological polar surface area (TPSA) is 0 Å². The Hall–Kier alpha value is 0.350. The molecule has 1 heteroatoms. The van der Waals surface area contributed by atoms with E-state index in [1.54, 1.807) is 0 Å². The maximum Gasteiger partial charge on any atom is -0.0154 e. The van der Waals surface area contributed by atoms with Crippen molar-refractivity contribution in [2.24, 2.45) is 17.3 Å². The summed E-state index contributed by atoms with van der Waals surface area (Å²) in [5.74, 6) is 3.57. The van der Waals surface area contributed by atoms with Crippen molar-refractivity contribution >= 4 is 8.29 Å². The molecule has 2 rings (SSSR count). The Kier molecular flexibility index (Phi) is 1.81. The molecular weight excluding hydrogens is 200 g/mol.